The van der Waals surface area contributed by atoms with Crippen LogP contribution in [0.3, 0.4) is 0 Å². The summed E-state index contributed by atoms with van der Waals surface area (Å²) in [4.78, 5) is 0. The van der Waals surface area contributed by atoms with Gasteiger partial charge < -0.3 is 14.7 Å². The van der Waals surface area contributed by atoms with Crippen LogP contribution in [-0.2, 0) is 13.1 Å². The van der Waals surface area contributed by atoms with Gasteiger partial charge in [-0.2, -0.15) is 0 Å². The second-order valence-corrected chi connectivity index (χ2v) is 13.2. The van der Waals surface area contributed by atoms with E-state index in [4.69, 9.17) is 0 Å². The number of quaternary nitrogens is 1. The molecule has 3 nitrogen and oxygen atoms in total. The van der Waals surface area contributed by atoms with Gasteiger partial charge >= 0.3 is 0 Å². The highest BCUT2D eigenvalue weighted by atomic mass is 16.3. The Hall–Kier alpha value is -5.64. The number of nitrogens with zero attached hydrogens (tertiary/aromatic N) is 1. The highest BCUT2D eigenvalue weighted by Crippen LogP contribution is 2.44. The van der Waals surface area contributed by atoms with Gasteiger partial charge in [-0.1, -0.05) is 140 Å². The Bertz CT molecular complexity index is 2300. The molecule has 0 atom stereocenters. The van der Waals surface area contributed by atoms with E-state index in [2.05, 4.69) is 111 Å². The molecule has 0 heterocycles. The van der Waals surface area contributed by atoms with Gasteiger partial charge in [0.2, 0.25) is 0 Å². The summed E-state index contributed by atoms with van der Waals surface area (Å²) < 4.78 is 0.640. The molecule has 0 aliphatic carbocycles. The van der Waals surface area contributed by atoms with Crippen LogP contribution in [0.2, 0.25) is 0 Å². The van der Waals surface area contributed by atoms with E-state index in [9.17, 15) is 10.2 Å². The third-order valence-corrected chi connectivity index (χ3v) is 9.53. The van der Waals surface area contributed by atoms with E-state index in [0.29, 0.717) is 11.0 Å². The van der Waals surface area contributed by atoms with Crippen LogP contribution in [0, 0.1) is 0 Å². The number of phenols is 1. The fraction of sp³-hybridized carbons (Fsp3) is 0.0909. The number of aromatic hydroxyl groups is 1. The van der Waals surface area contributed by atoms with Crippen molar-refractivity contribution in [1.82, 2.24) is 0 Å². The van der Waals surface area contributed by atoms with E-state index < -0.39 is 0 Å². The fourth-order valence-electron chi connectivity index (χ4n) is 7.50. The SMILES string of the molecule is C[N+](C)(Cc1ccc2ccccc2c1-c1c([O-])ccc2ccccc12)Cc1ccc2ccccc2c1-c1c(O)ccc2ccccc12. The first kappa shape index (κ1) is 28.8. The molecule has 0 bridgehead atoms. The molecule has 0 aliphatic heterocycles. The van der Waals surface area contributed by atoms with Gasteiger partial charge in [0, 0.05) is 22.3 Å². The van der Waals surface area contributed by atoms with Crippen molar-refractivity contribution in [3.8, 4) is 33.8 Å². The quantitative estimate of drug-likeness (QED) is 0.191. The second kappa shape index (κ2) is 11.3. The van der Waals surface area contributed by atoms with E-state index in [0.717, 1.165) is 83.0 Å². The maximum Gasteiger partial charge on any atom is 0.124 e. The molecule has 0 fully saturated rings. The Morgan fingerprint density at radius 2 is 0.787 bits per heavy atom. The van der Waals surface area contributed by atoms with Crippen molar-refractivity contribution in [2.24, 2.45) is 0 Å². The van der Waals surface area contributed by atoms with Crippen LogP contribution in [0.5, 0.6) is 11.5 Å². The van der Waals surface area contributed by atoms with Gasteiger partial charge in [0.15, 0.2) is 0 Å². The van der Waals surface area contributed by atoms with E-state index >= 15 is 0 Å². The van der Waals surface area contributed by atoms with Crippen LogP contribution in [0.15, 0.2) is 146 Å². The molecule has 8 rings (SSSR count). The summed E-state index contributed by atoms with van der Waals surface area (Å²) in [5.41, 5.74) is 6.02. The van der Waals surface area contributed by atoms with Gasteiger partial charge in [-0.05, 0) is 60.3 Å². The summed E-state index contributed by atoms with van der Waals surface area (Å²) in [6.07, 6.45) is 0. The van der Waals surface area contributed by atoms with E-state index in [-0.39, 0.29) is 11.5 Å². The summed E-state index contributed by atoms with van der Waals surface area (Å²) in [5.74, 6) is 0.317. The van der Waals surface area contributed by atoms with Crippen molar-refractivity contribution >= 4 is 43.1 Å². The third kappa shape index (κ3) is 5.06. The zero-order chi connectivity index (χ0) is 32.1. The van der Waals surface area contributed by atoms with Crippen LogP contribution in [-0.4, -0.2) is 23.7 Å². The molecule has 3 heteroatoms. The predicted molar refractivity (Wildman–Crippen MR) is 194 cm³/mol. The van der Waals surface area contributed by atoms with Gasteiger partial charge in [0.25, 0.3) is 0 Å². The molecule has 0 saturated heterocycles. The minimum atomic E-state index is 0.0369. The summed E-state index contributed by atoms with van der Waals surface area (Å²) >= 11 is 0. The number of hydrogen-bond donors (Lipinski definition) is 1. The molecular formula is C44H35NO2. The molecule has 1 N–H and O–H groups in total. The highest BCUT2D eigenvalue weighted by molar-refractivity contribution is 6.10. The van der Waals surface area contributed by atoms with Crippen molar-refractivity contribution < 1.29 is 14.7 Å². The van der Waals surface area contributed by atoms with Crippen molar-refractivity contribution in [2.75, 3.05) is 14.1 Å². The third-order valence-electron chi connectivity index (χ3n) is 9.53. The molecule has 47 heavy (non-hydrogen) atoms. The van der Waals surface area contributed by atoms with Crippen LogP contribution < -0.4 is 5.11 Å². The summed E-state index contributed by atoms with van der Waals surface area (Å²) in [7, 11) is 4.50. The first-order valence-electron chi connectivity index (χ1n) is 16.1. The van der Waals surface area contributed by atoms with Crippen molar-refractivity contribution in [1.29, 1.82) is 0 Å². The van der Waals surface area contributed by atoms with E-state index in [1.165, 1.54) is 0 Å². The number of benzene rings is 8. The molecule has 8 aromatic carbocycles. The Labute approximate surface area is 274 Å². The Morgan fingerprint density at radius 3 is 1.28 bits per heavy atom. The van der Waals surface area contributed by atoms with Gasteiger partial charge in [0.05, 0.1) is 14.1 Å². The molecule has 8 aromatic rings. The molecule has 0 radical (unpaired) electrons. The smallest absolute Gasteiger partial charge is 0.124 e. The summed E-state index contributed by atoms with van der Waals surface area (Å²) in [5, 5.41) is 33.8. The molecule has 0 spiro atoms. The first-order valence-corrected chi connectivity index (χ1v) is 16.1. The zero-order valence-corrected chi connectivity index (χ0v) is 26.6. The summed E-state index contributed by atoms with van der Waals surface area (Å²) in [6.45, 7) is 1.42. The van der Waals surface area contributed by atoms with Gasteiger partial charge in [-0.15, -0.1) is 5.75 Å². The topological polar surface area (TPSA) is 43.3 Å². The monoisotopic (exact) mass is 609 g/mol. The molecule has 0 unspecified atom stereocenters. The average Bonchev–Trinajstić information content (AvgIpc) is 3.08. The molecular weight excluding hydrogens is 574 g/mol. The standard InChI is InChI=1S/C44H35NO2/c1-45(2,27-33-21-19-29-11-3-7-15-35(29)41(33)43-37-17-9-5-13-31(37)23-25-39(43)46)28-34-22-20-30-12-4-8-16-36(30)42(34)44-38-18-10-6-14-32(38)24-26-40(44)47/h3-26H,27-28H2,1-2H3,(H-,46,47). The average molecular weight is 610 g/mol. The molecule has 0 amide bonds. The lowest BCUT2D eigenvalue weighted by atomic mass is 9.88. The lowest BCUT2D eigenvalue weighted by Gasteiger charge is -2.33. The maximum atomic E-state index is 13.7. The molecule has 0 saturated carbocycles. The zero-order valence-electron chi connectivity index (χ0n) is 26.6. The molecule has 0 aromatic heterocycles. The Kier molecular flexibility index (Phi) is 6.93. The van der Waals surface area contributed by atoms with Gasteiger partial charge in [-0.3, -0.25) is 0 Å². The largest absolute Gasteiger partial charge is 0.872 e. The van der Waals surface area contributed by atoms with Crippen LogP contribution in [0.1, 0.15) is 11.1 Å². The van der Waals surface area contributed by atoms with Crippen molar-refractivity contribution in [3.05, 3.63) is 157 Å². The van der Waals surface area contributed by atoms with Gasteiger partial charge in [-0.25, -0.2) is 0 Å². The Balaban J connectivity index is 1.30. The van der Waals surface area contributed by atoms with Crippen molar-refractivity contribution in [2.45, 2.75) is 13.1 Å². The number of phenolic OH excluding ortho intramolecular Hbond substituents is 1. The van der Waals surface area contributed by atoms with E-state index in [1.807, 2.05) is 42.5 Å². The van der Waals surface area contributed by atoms with Gasteiger partial charge in [0.1, 0.15) is 18.8 Å². The maximum absolute atomic E-state index is 13.7. The van der Waals surface area contributed by atoms with Crippen LogP contribution in [0.25, 0.3) is 65.3 Å². The molecule has 0 aliphatic rings. The van der Waals surface area contributed by atoms with Crippen LogP contribution >= 0.6 is 0 Å². The number of fused-ring (bicyclic) bond motifs is 4. The molecule has 228 valence electrons. The minimum absolute atomic E-state index is 0.0369. The fourth-order valence-corrected chi connectivity index (χ4v) is 7.50. The predicted octanol–water partition coefficient (Wildman–Crippen LogP) is 10.2. The number of rotatable bonds is 6. The number of hydrogen-bond acceptors (Lipinski definition) is 2. The Morgan fingerprint density at radius 1 is 0.426 bits per heavy atom. The van der Waals surface area contributed by atoms with Crippen molar-refractivity contribution in [3.63, 3.8) is 0 Å². The minimum Gasteiger partial charge on any atom is -0.872 e. The van der Waals surface area contributed by atoms with E-state index in [1.54, 1.807) is 6.07 Å². The second-order valence-electron chi connectivity index (χ2n) is 13.2. The lowest BCUT2D eigenvalue weighted by molar-refractivity contribution is -0.916. The lowest BCUT2D eigenvalue weighted by Crippen LogP contribution is -2.38. The van der Waals surface area contributed by atoms with Crippen LogP contribution in [0.4, 0.5) is 0 Å². The first-order chi connectivity index (χ1) is 22.9. The normalized spacial score (nSPS) is 12.0. The summed E-state index contributed by atoms with van der Waals surface area (Å²) in [6, 6.07) is 49.5. The highest BCUT2D eigenvalue weighted by Gasteiger charge is 2.25.